The zero-order valence-corrected chi connectivity index (χ0v) is 17.0. The van der Waals surface area contributed by atoms with Crippen molar-refractivity contribution in [2.24, 2.45) is 0 Å². The van der Waals surface area contributed by atoms with E-state index in [9.17, 15) is 13.6 Å². The number of hydrogen-bond acceptors (Lipinski definition) is 6. The molecule has 1 aliphatic carbocycles. The van der Waals surface area contributed by atoms with Crippen LogP contribution < -0.4 is 9.64 Å². The zero-order chi connectivity index (χ0) is 21.8. The number of piperidine rings is 1. The van der Waals surface area contributed by atoms with Crippen LogP contribution in [0.2, 0.25) is 0 Å². The molecule has 3 unspecified atom stereocenters. The van der Waals surface area contributed by atoms with Crippen LogP contribution in [0.3, 0.4) is 0 Å². The van der Waals surface area contributed by atoms with Crippen LogP contribution in [0.25, 0.3) is 0 Å². The molecule has 2 aromatic rings. The average Bonchev–Trinajstić information content (AvgIpc) is 2.76. The Labute approximate surface area is 178 Å². The first-order valence-electron chi connectivity index (χ1n) is 10.2. The number of halogens is 2. The lowest BCUT2D eigenvalue weighted by atomic mass is 9.52. The molecule has 1 amide bonds. The quantitative estimate of drug-likeness (QED) is 0.708. The zero-order valence-electron chi connectivity index (χ0n) is 17.0. The molecule has 160 valence electrons. The van der Waals surface area contributed by atoms with Crippen molar-refractivity contribution in [2.45, 2.75) is 49.2 Å². The second-order valence-electron chi connectivity index (χ2n) is 8.28. The molecule has 3 fully saturated rings. The number of nitrogens with zero attached hydrogens (tertiary/aromatic N) is 5. The number of anilines is 1. The molecule has 2 aliphatic heterocycles. The lowest BCUT2D eigenvalue weighted by Gasteiger charge is -2.80. The third kappa shape index (κ3) is 2.77. The van der Waals surface area contributed by atoms with Crippen molar-refractivity contribution in [2.75, 3.05) is 18.6 Å². The molecular formula is C22H21F2N5O2. The third-order valence-electron chi connectivity index (χ3n) is 6.96. The minimum absolute atomic E-state index is 0.122. The Kier molecular flexibility index (Phi) is 4.36. The number of hydrogen-bond donors (Lipinski definition) is 0. The van der Waals surface area contributed by atoms with E-state index in [2.05, 4.69) is 20.9 Å². The first-order chi connectivity index (χ1) is 14.9. The van der Waals surface area contributed by atoms with Gasteiger partial charge in [0.25, 0.3) is 5.92 Å². The predicted octanol–water partition coefficient (Wildman–Crippen LogP) is 2.86. The van der Waals surface area contributed by atoms with Gasteiger partial charge in [0.2, 0.25) is 11.8 Å². The smallest absolute Gasteiger partial charge is 0.274 e. The molecule has 2 aromatic heterocycles. The van der Waals surface area contributed by atoms with Crippen molar-refractivity contribution in [1.82, 2.24) is 14.9 Å². The predicted molar refractivity (Wildman–Crippen MR) is 107 cm³/mol. The van der Waals surface area contributed by atoms with Crippen LogP contribution in [-0.4, -0.2) is 52.1 Å². The monoisotopic (exact) mass is 425 g/mol. The summed E-state index contributed by atoms with van der Waals surface area (Å²) >= 11 is 0. The van der Waals surface area contributed by atoms with Gasteiger partial charge in [-0.2, -0.15) is 5.26 Å². The van der Waals surface area contributed by atoms with E-state index in [1.165, 1.54) is 25.4 Å². The van der Waals surface area contributed by atoms with E-state index in [1.807, 2.05) is 6.07 Å². The summed E-state index contributed by atoms with van der Waals surface area (Å²) in [5.74, 6) is -2.44. The Bertz CT molecular complexity index is 1060. The highest BCUT2D eigenvalue weighted by atomic mass is 19.3. The largest absolute Gasteiger partial charge is 0.481 e. The minimum Gasteiger partial charge on any atom is -0.481 e. The number of piperazine rings is 1. The maximum absolute atomic E-state index is 14.6. The molecule has 0 radical (unpaired) electrons. The molecule has 7 nitrogen and oxygen atoms in total. The third-order valence-corrected chi connectivity index (χ3v) is 6.96. The Balaban J connectivity index is 1.23. The van der Waals surface area contributed by atoms with Gasteiger partial charge in [0.05, 0.1) is 30.3 Å². The van der Waals surface area contributed by atoms with Crippen molar-refractivity contribution in [3.05, 3.63) is 47.8 Å². The van der Waals surface area contributed by atoms with Crippen molar-refractivity contribution < 1.29 is 18.3 Å². The lowest BCUT2D eigenvalue weighted by Crippen LogP contribution is -2.97. The number of rotatable bonds is 6. The molecule has 2 saturated heterocycles. The fraction of sp³-hybridized carbons (Fsp3) is 0.455. The summed E-state index contributed by atoms with van der Waals surface area (Å²) in [5.41, 5.74) is 0.0688. The molecule has 31 heavy (non-hydrogen) atoms. The summed E-state index contributed by atoms with van der Waals surface area (Å²) in [6.07, 6.45) is 3.89. The van der Waals surface area contributed by atoms with Crippen LogP contribution in [0.5, 0.6) is 5.88 Å². The number of amides is 1. The highest BCUT2D eigenvalue weighted by molar-refractivity contribution is 5.81. The fourth-order valence-electron chi connectivity index (χ4n) is 5.24. The van der Waals surface area contributed by atoms with Gasteiger partial charge in [0.15, 0.2) is 0 Å². The summed E-state index contributed by atoms with van der Waals surface area (Å²) in [6, 6.07) is 8.41. The Hall–Kier alpha value is -3.28. The van der Waals surface area contributed by atoms with Crippen LogP contribution in [0, 0.1) is 11.3 Å². The van der Waals surface area contributed by atoms with Gasteiger partial charge in [-0.05, 0) is 31.0 Å². The number of pyridine rings is 2. The van der Waals surface area contributed by atoms with E-state index in [0.717, 1.165) is 18.7 Å². The Morgan fingerprint density at radius 1 is 1.35 bits per heavy atom. The number of carbonyl (C=O) groups excluding carboxylic acids is 1. The van der Waals surface area contributed by atoms with Crippen molar-refractivity contribution in [3.8, 4) is 11.9 Å². The molecule has 4 heterocycles. The maximum Gasteiger partial charge on any atom is 0.274 e. The topological polar surface area (TPSA) is 82.4 Å². The molecule has 0 bridgehead atoms. The van der Waals surface area contributed by atoms with Gasteiger partial charge in [-0.15, -0.1) is 0 Å². The number of likely N-dealkylation sites (tertiary alicyclic amines) is 1. The summed E-state index contributed by atoms with van der Waals surface area (Å²) in [5, 5.41) is 8.94. The molecule has 3 aliphatic rings. The summed E-state index contributed by atoms with van der Waals surface area (Å²) < 4.78 is 34.2. The standard InChI is InChI=1S/C22H21F2N5O2/c1-31-19-10-15(6-9-26-19)22(23,24)8-5-20(30)28-13-17-21(28)7-4-16(21)29(17)18-3-2-14(11-25)12-27-18/h2-3,6,9-10,12,16-17H,4-5,7-8,13H2,1H3. The van der Waals surface area contributed by atoms with Crippen LogP contribution in [0.1, 0.15) is 36.8 Å². The Morgan fingerprint density at radius 3 is 2.81 bits per heavy atom. The minimum atomic E-state index is -3.13. The van der Waals surface area contributed by atoms with Crippen LogP contribution >= 0.6 is 0 Å². The van der Waals surface area contributed by atoms with Gasteiger partial charge in [0, 0.05) is 43.4 Å². The van der Waals surface area contributed by atoms with Crippen LogP contribution in [-0.2, 0) is 10.7 Å². The molecule has 5 rings (SSSR count). The Morgan fingerprint density at radius 2 is 2.19 bits per heavy atom. The maximum atomic E-state index is 14.6. The van der Waals surface area contributed by atoms with Gasteiger partial charge >= 0.3 is 0 Å². The fourth-order valence-corrected chi connectivity index (χ4v) is 5.24. The van der Waals surface area contributed by atoms with Crippen molar-refractivity contribution >= 4 is 11.7 Å². The average molecular weight is 425 g/mol. The van der Waals surface area contributed by atoms with E-state index >= 15 is 0 Å². The molecular weight excluding hydrogens is 404 g/mol. The van der Waals surface area contributed by atoms with E-state index < -0.39 is 12.3 Å². The molecule has 3 atom stereocenters. The van der Waals surface area contributed by atoms with Gasteiger partial charge in [-0.3, -0.25) is 4.79 Å². The van der Waals surface area contributed by atoms with E-state index in [4.69, 9.17) is 10.00 Å². The van der Waals surface area contributed by atoms with Gasteiger partial charge < -0.3 is 14.5 Å². The van der Waals surface area contributed by atoms with Gasteiger partial charge in [0.1, 0.15) is 11.9 Å². The first-order valence-corrected chi connectivity index (χ1v) is 10.2. The summed E-state index contributed by atoms with van der Waals surface area (Å²) in [7, 11) is 1.37. The number of carbonyl (C=O) groups is 1. The first kappa shape index (κ1) is 19.7. The summed E-state index contributed by atoms with van der Waals surface area (Å²) in [6.45, 7) is 0.520. The number of ether oxygens (including phenoxy) is 1. The van der Waals surface area contributed by atoms with Crippen molar-refractivity contribution in [3.63, 3.8) is 0 Å². The highest BCUT2D eigenvalue weighted by Gasteiger charge is 2.76. The van der Waals surface area contributed by atoms with Crippen LogP contribution in [0.15, 0.2) is 36.7 Å². The number of nitriles is 1. The van der Waals surface area contributed by atoms with Crippen molar-refractivity contribution in [1.29, 1.82) is 5.26 Å². The van der Waals surface area contributed by atoms with Gasteiger partial charge in [-0.25, -0.2) is 18.7 Å². The number of aromatic nitrogens is 2. The van der Waals surface area contributed by atoms with E-state index in [1.54, 1.807) is 17.2 Å². The molecule has 9 heteroatoms. The number of methoxy groups -OCH3 is 1. The molecule has 1 saturated carbocycles. The second-order valence-corrected chi connectivity index (χ2v) is 8.28. The summed E-state index contributed by atoms with van der Waals surface area (Å²) in [4.78, 5) is 25.0. The normalized spacial score (nSPS) is 25.9. The second kappa shape index (κ2) is 6.87. The molecule has 1 spiro atoms. The lowest BCUT2D eigenvalue weighted by molar-refractivity contribution is -0.193. The SMILES string of the molecule is COc1cc(C(F)(F)CCC(=O)N2CC3N(c4ccc(C#N)cn4)C4CCC432)ccn1. The van der Waals surface area contributed by atoms with Gasteiger partial charge in [-0.1, -0.05) is 0 Å². The molecule has 0 aromatic carbocycles. The number of alkyl halides is 2. The highest BCUT2D eigenvalue weighted by Crippen LogP contribution is 2.61. The van der Waals surface area contributed by atoms with E-state index in [-0.39, 0.29) is 41.4 Å². The van der Waals surface area contributed by atoms with E-state index in [0.29, 0.717) is 12.1 Å². The van der Waals surface area contributed by atoms with Crippen LogP contribution in [0.4, 0.5) is 14.6 Å². The molecule has 0 N–H and O–H groups in total.